The van der Waals surface area contributed by atoms with E-state index in [-0.39, 0.29) is 12.1 Å². The molecule has 1 aliphatic heterocycles. The van der Waals surface area contributed by atoms with Crippen LogP contribution in [0.3, 0.4) is 0 Å². The standard InChI is InChI=1S/C21H40NO3/c1-6-7-8-9-10-11-12-13-14-15-19(23)25-18-16-20(2,3)22(24)21(4,5)17-18/h18H,6-17H2,1-5H3. The van der Waals surface area contributed by atoms with Crippen LogP contribution in [-0.2, 0) is 14.7 Å². The zero-order valence-electron chi connectivity index (χ0n) is 17.2. The molecule has 4 heteroatoms. The summed E-state index contributed by atoms with van der Waals surface area (Å²) in [5.41, 5.74) is -0.963. The molecule has 25 heavy (non-hydrogen) atoms. The van der Waals surface area contributed by atoms with E-state index >= 15 is 0 Å². The Morgan fingerprint density at radius 3 is 1.80 bits per heavy atom. The predicted molar refractivity (Wildman–Crippen MR) is 102 cm³/mol. The van der Waals surface area contributed by atoms with Gasteiger partial charge in [0.25, 0.3) is 0 Å². The van der Waals surface area contributed by atoms with Gasteiger partial charge in [-0.15, -0.1) is 10.3 Å². The summed E-state index contributed by atoms with van der Waals surface area (Å²) in [4.78, 5) is 12.1. The van der Waals surface area contributed by atoms with Crippen molar-refractivity contribution in [1.82, 2.24) is 5.06 Å². The molecule has 0 saturated carbocycles. The van der Waals surface area contributed by atoms with E-state index in [4.69, 9.17) is 4.74 Å². The van der Waals surface area contributed by atoms with Crippen LogP contribution in [0, 0.1) is 0 Å². The summed E-state index contributed by atoms with van der Waals surface area (Å²) >= 11 is 0. The van der Waals surface area contributed by atoms with E-state index in [1.165, 1.54) is 50.0 Å². The van der Waals surface area contributed by atoms with Gasteiger partial charge < -0.3 is 4.74 Å². The number of nitrogens with zero attached hydrogens (tertiary/aromatic N) is 1. The second-order valence-electron chi connectivity index (χ2n) is 9.02. The number of hydrogen-bond acceptors (Lipinski definition) is 3. The molecule has 1 radical (unpaired) electrons. The van der Waals surface area contributed by atoms with E-state index in [0.717, 1.165) is 12.8 Å². The summed E-state index contributed by atoms with van der Waals surface area (Å²) in [7, 11) is 0. The van der Waals surface area contributed by atoms with Crippen molar-refractivity contribution in [1.29, 1.82) is 0 Å². The minimum Gasteiger partial charge on any atom is -0.462 e. The van der Waals surface area contributed by atoms with E-state index in [9.17, 15) is 10.0 Å². The summed E-state index contributed by atoms with van der Waals surface area (Å²) in [6.45, 7) is 9.97. The number of ether oxygens (including phenoxy) is 1. The number of rotatable bonds is 11. The quantitative estimate of drug-likeness (QED) is 0.347. The molecule has 1 aliphatic rings. The number of esters is 1. The Morgan fingerprint density at radius 2 is 1.32 bits per heavy atom. The Kier molecular flexibility index (Phi) is 9.44. The number of hydroxylamine groups is 2. The maximum absolute atomic E-state index is 12.3. The third kappa shape index (κ3) is 8.08. The Balaban J connectivity index is 2.16. The molecule has 0 spiro atoms. The van der Waals surface area contributed by atoms with E-state index in [1.54, 1.807) is 0 Å². The molecule has 0 aliphatic carbocycles. The van der Waals surface area contributed by atoms with Crippen LogP contribution in [0.5, 0.6) is 0 Å². The van der Waals surface area contributed by atoms with Gasteiger partial charge in [0.2, 0.25) is 0 Å². The van der Waals surface area contributed by atoms with Crippen molar-refractivity contribution in [3.05, 3.63) is 0 Å². The third-order valence-electron chi connectivity index (χ3n) is 5.34. The average molecular weight is 355 g/mol. The van der Waals surface area contributed by atoms with Crippen molar-refractivity contribution in [2.45, 2.75) is 129 Å². The van der Waals surface area contributed by atoms with E-state index < -0.39 is 11.1 Å². The Labute approximate surface area is 155 Å². The molecule has 1 saturated heterocycles. The maximum Gasteiger partial charge on any atom is 0.306 e. The molecular formula is C21H40NO3. The highest BCUT2D eigenvalue weighted by Gasteiger charge is 2.47. The fourth-order valence-electron chi connectivity index (χ4n) is 4.08. The highest BCUT2D eigenvalue weighted by atomic mass is 16.5. The minimum absolute atomic E-state index is 0.0982. The van der Waals surface area contributed by atoms with Gasteiger partial charge in [-0.1, -0.05) is 58.3 Å². The van der Waals surface area contributed by atoms with E-state index in [0.29, 0.717) is 19.3 Å². The molecule has 0 aromatic heterocycles. The van der Waals surface area contributed by atoms with Crippen LogP contribution in [0.15, 0.2) is 0 Å². The van der Waals surface area contributed by atoms with Crippen LogP contribution in [0.2, 0.25) is 0 Å². The molecule has 1 heterocycles. The molecular weight excluding hydrogens is 314 g/mol. The number of hydrogen-bond donors (Lipinski definition) is 0. The predicted octanol–water partition coefficient (Wildman–Crippen LogP) is 5.82. The van der Waals surface area contributed by atoms with Crippen LogP contribution in [0.25, 0.3) is 0 Å². The van der Waals surface area contributed by atoms with Crippen molar-refractivity contribution >= 4 is 5.97 Å². The third-order valence-corrected chi connectivity index (χ3v) is 5.34. The molecule has 0 amide bonds. The SMILES string of the molecule is CCCCCCCCCCCC(=O)OC1CC(C)(C)N([O])C(C)(C)C1. The molecule has 0 aromatic carbocycles. The minimum atomic E-state index is -0.482. The van der Waals surface area contributed by atoms with Crippen LogP contribution < -0.4 is 0 Å². The van der Waals surface area contributed by atoms with Gasteiger partial charge in [0.15, 0.2) is 0 Å². The lowest BCUT2D eigenvalue weighted by Crippen LogP contribution is -2.60. The zero-order chi connectivity index (χ0) is 18.9. The summed E-state index contributed by atoms with van der Waals surface area (Å²) in [6, 6.07) is 0. The molecule has 0 bridgehead atoms. The van der Waals surface area contributed by atoms with Gasteiger partial charge in [-0.2, -0.15) is 0 Å². The highest BCUT2D eigenvalue weighted by molar-refractivity contribution is 5.69. The molecule has 0 unspecified atom stereocenters. The summed E-state index contributed by atoms with van der Waals surface area (Å²) < 4.78 is 5.68. The number of unbranched alkanes of at least 4 members (excludes halogenated alkanes) is 8. The van der Waals surface area contributed by atoms with Crippen LogP contribution in [-0.4, -0.2) is 28.2 Å². The Morgan fingerprint density at radius 1 is 0.880 bits per heavy atom. The van der Waals surface area contributed by atoms with Gasteiger partial charge in [0.1, 0.15) is 6.10 Å². The molecule has 0 N–H and O–H groups in total. The first-order valence-electron chi connectivity index (χ1n) is 10.4. The Hall–Kier alpha value is -0.610. The lowest BCUT2D eigenvalue weighted by atomic mass is 9.80. The molecule has 1 rings (SSSR count). The van der Waals surface area contributed by atoms with Gasteiger partial charge in [-0.3, -0.25) is 4.79 Å². The first-order valence-corrected chi connectivity index (χ1v) is 10.4. The highest BCUT2D eigenvalue weighted by Crippen LogP contribution is 2.38. The number of carbonyl (C=O) groups is 1. The summed E-state index contributed by atoms with van der Waals surface area (Å²) in [5.74, 6) is -0.0982. The fraction of sp³-hybridized carbons (Fsp3) is 0.952. The van der Waals surface area contributed by atoms with E-state index in [1.807, 2.05) is 27.7 Å². The van der Waals surface area contributed by atoms with Crippen LogP contribution in [0.1, 0.15) is 112 Å². The van der Waals surface area contributed by atoms with Gasteiger partial charge in [-0.05, 0) is 34.1 Å². The molecule has 0 aromatic rings. The van der Waals surface area contributed by atoms with Gasteiger partial charge >= 0.3 is 5.97 Å². The van der Waals surface area contributed by atoms with Crippen molar-refractivity contribution in [3.63, 3.8) is 0 Å². The molecule has 147 valence electrons. The van der Waals surface area contributed by atoms with Gasteiger partial charge in [0.05, 0.1) is 0 Å². The van der Waals surface area contributed by atoms with Crippen molar-refractivity contribution in [2.75, 3.05) is 0 Å². The second-order valence-corrected chi connectivity index (χ2v) is 9.02. The topological polar surface area (TPSA) is 49.4 Å². The lowest BCUT2D eigenvalue weighted by molar-refractivity contribution is -0.299. The van der Waals surface area contributed by atoms with Gasteiger partial charge in [0, 0.05) is 30.3 Å². The number of piperidine rings is 1. The summed E-state index contributed by atoms with van der Waals surface area (Å²) in [6.07, 6.45) is 12.8. The van der Waals surface area contributed by atoms with Crippen LogP contribution >= 0.6 is 0 Å². The lowest BCUT2D eigenvalue weighted by Gasteiger charge is -2.49. The normalized spacial score (nSPS) is 20.6. The van der Waals surface area contributed by atoms with Crippen molar-refractivity contribution < 1.29 is 14.7 Å². The smallest absolute Gasteiger partial charge is 0.306 e. The first-order chi connectivity index (χ1) is 11.7. The fourth-order valence-corrected chi connectivity index (χ4v) is 4.08. The van der Waals surface area contributed by atoms with Gasteiger partial charge in [-0.25, -0.2) is 0 Å². The molecule has 0 atom stereocenters. The molecule has 4 nitrogen and oxygen atoms in total. The van der Waals surface area contributed by atoms with Crippen molar-refractivity contribution in [3.8, 4) is 0 Å². The van der Waals surface area contributed by atoms with Crippen LogP contribution in [0.4, 0.5) is 0 Å². The number of carbonyl (C=O) groups excluding carboxylic acids is 1. The maximum atomic E-state index is 12.3. The monoisotopic (exact) mass is 354 g/mol. The van der Waals surface area contributed by atoms with Crippen molar-refractivity contribution in [2.24, 2.45) is 0 Å². The first kappa shape index (κ1) is 22.4. The molecule has 1 fully saturated rings. The second kappa shape index (κ2) is 10.5. The largest absolute Gasteiger partial charge is 0.462 e. The Bertz CT molecular complexity index is 375. The average Bonchev–Trinajstić information content (AvgIpc) is 2.50. The van der Waals surface area contributed by atoms with E-state index in [2.05, 4.69) is 6.92 Å². The summed E-state index contributed by atoms with van der Waals surface area (Å²) in [5, 5.41) is 13.5. The zero-order valence-corrected chi connectivity index (χ0v) is 17.2.